The summed E-state index contributed by atoms with van der Waals surface area (Å²) in [5, 5.41) is 0. The maximum absolute atomic E-state index is 2.72. The average Bonchev–Trinajstić information content (AvgIpc) is 2.52. The Bertz CT molecular complexity index is 744. The van der Waals surface area contributed by atoms with Gasteiger partial charge in [-0.15, -0.1) is 0 Å². The molecule has 25 heavy (non-hydrogen) atoms. The lowest BCUT2D eigenvalue weighted by molar-refractivity contribution is -0.158. The molecule has 2 bridgehead atoms. The molecule has 1 aromatic carbocycles. The van der Waals surface area contributed by atoms with Gasteiger partial charge < -0.3 is 0 Å². The third-order valence-electron chi connectivity index (χ3n) is 8.80. The molecular formula is C24H35N. The fourth-order valence-electron chi connectivity index (χ4n) is 8.02. The van der Waals surface area contributed by atoms with Crippen molar-refractivity contribution in [2.24, 2.45) is 16.7 Å². The normalized spacial score (nSPS) is 45.0. The summed E-state index contributed by atoms with van der Waals surface area (Å²) >= 11 is 0. The van der Waals surface area contributed by atoms with Crippen molar-refractivity contribution in [3.05, 3.63) is 47.0 Å². The number of aryl methyl sites for hydroxylation is 1. The van der Waals surface area contributed by atoms with Crippen LogP contribution in [0.2, 0.25) is 0 Å². The third kappa shape index (κ3) is 1.70. The Hall–Kier alpha value is -1.08. The van der Waals surface area contributed by atoms with Crippen LogP contribution in [0, 0.1) is 23.7 Å². The smallest absolute Gasteiger partial charge is 0.0227 e. The van der Waals surface area contributed by atoms with Crippen LogP contribution in [0.3, 0.4) is 0 Å². The highest BCUT2D eigenvalue weighted by Gasteiger charge is 2.71. The molecule has 6 atom stereocenters. The molecule has 2 aliphatic carbocycles. The van der Waals surface area contributed by atoms with Gasteiger partial charge in [0.15, 0.2) is 0 Å². The van der Waals surface area contributed by atoms with E-state index in [4.69, 9.17) is 0 Å². The highest BCUT2D eigenvalue weighted by Crippen LogP contribution is 2.72. The van der Waals surface area contributed by atoms with Gasteiger partial charge in [-0.25, -0.2) is 0 Å². The first-order chi connectivity index (χ1) is 11.6. The molecule has 1 fully saturated rings. The zero-order valence-electron chi connectivity index (χ0n) is 17.4. The number of likely N-dealkylation sites (N-methyl/N-ethyl adjacent to an activating group) is 1. The summed E-state index contributed by atoms with van der Waals surface area (Å²) in [6.07, 6.45) is 6.21. The van der Waals surface area contributed by atoms with E-state index in [0.29, 0.717) is 23.9 Å². The molecule has 0 spiro atoms. The molecular weight excluding hydrogens is 302 g/mol. The second kappa shape index (κ2) is 5.00. The molecule has 1 nitrogen and oxygen atoms in total. The van der Waals surface area contributed by atoms with Gasteiger partial charge >= 0.3 is 0 Å². The van der Waals surface area contributed by atoms with Crippen molar-refractivity contribution in [3.8, 4) is 0 Å². The molecule has 0 radical (unpaired) electrons. The topological polar surface area (TPSA) is 3.24 Å². The molecule has 136 valence electrons. The molecule has 1 aromatic rings. The van der Waals surface area contributed by atoms with Crippen LogP contribution in [0.15, 0.2) is 30.4 Å². The molecule has 1 heteroatoms. The van der Waals surface area contributed by atoms with Gasteiger partial charge in [-0.1, -0.05) is 65.0 Å². The van der Waals surface area contributed by atoms with Gasteiger partial charge in [0.1, 0.15) is 0 Å². The summed E-state index contributed by atoms with van der Waals surface area (Å²) in [7, 11) is 2.38. The van der Waals surface area contributed by atoms with Crippen LogP contribution >= 0.6 is 0 Å². The summed E-state index contributed by atoms with van der Waals surface area (Å²) in [4.78, 5) is 2.72. The summed E-state index contributed by atoms with van der Waals surface area (Å²) in [5.74, 6) is 1.20. The minimum Gasteiger partial charge on any atom is -0.299 e. The largest absolute Gasteiger partial charge is 0.299 e. The van der Waals surface area contributed by atoms with Crippen molar-refractivity contribution < 1.29 is 0 Å². The van der Waals surface area contributed by atoms with Crippen LogP contribution in [0.5, 0.6) is 0 Å². The second-order valence-electron chi connectivity index (χ2n) is 10.0. The summed E-state index contributed by atoms with van der Waals surface area (Å²) < 4.78 is 0. The SMILES string of the molecule is Cc1cccc2c1[C@]13C(C)C(C)N(C)[C@H](C2C)C1(C)CC=CC3(C)C. The highest BCUT2D eigenvalue weighted by atomic mass is 15.2. The molecule has 1 aliphatic heterocycles. The van der Waals surface area contributed by atoms with Gasteiger partial charge in [0, 0.05) is 17.5 Å². The standard InChI is InChI=1S/C24H35N/c1-15-11-9-12-19-16(2)21-23(7)14-10-13-22(5,6)24(23,20(15)19)17(3)18(4)25(21)8/h9-13,16-18,21H,14H2,1-8H3/t16?,17?,18?,21-,23?,24+/m1/s1. The fraction of sp³-hybridized carbons (Fsp3) is 0.667. The van der Waals surface area contributed by atoms with Crippen molar-refractivity contribution in [2.75, 3.05) is 7.05 Å². The molecule has 3 aliphatic rings. The highest BCUT2D eigenvalue weighted by molar-refractivity contribution is 5.54. The number of fused-ring (bicyclic) bond motifs is 1. The Labute approximate surface area is 154 Å². The van der Waals surface area contributed by atoms with Crippen LogP contribution in [0.25, 0.3) is 0 Å². The van der Waals surface area contributed by atoms with Gasteiger partial charge in [0.25, 0.3) is 0 Å². The predicted octanol–water partition coefficient (Wildman–Crippen LogP) is 5.68. The molecule has 0 amide bonds. The Balaban J connectivity index is 2.20. The Morgan fingerprint density at radius 3 is 2.44 bits per heavy atom. The number of allylic oxidation sites excluding steroid dienone is 2. The number of likely N-dealkylation sites (tertiary alicyclic amines) is 1. The lowest BCUT2D eigenvalue weighted by Gasteiger charge is -2.74. The third-order valence-corrected chi connectivity index (χ3v) is 8.80. The molecule has 0 aromatic heterocycles. The number of hydrogen-bond donors (Lipinski definition) is 0. The minimum absolute atomic E-state index is 0.161. The molecule has 1 saturated heterocycles. The van der Waals surface area contributed by atoms with Crippen molar-refractivity contribution in [1.82, 2.24) is 4.90 Å². The molecule has 4 unspecified atom stereocenters. The lowest BCUT2D eigenvalue weighted by Crippen LogP contribution is -2.76. The van der Waals surface area contributed by atoms with Gasteiger partial charge in [-0.3, -0.25) is 4.90 Å². The maximum Gasteiger partial charge on any atom is 0.0227 e. The van der Waals surface area contributed by atoms with Crippen molar-refractivity contribution in [3.63, 3.8) is 0 Å². The van der Waals surface area contributed by atoms with Crippen LogP contribution in [0.1, 0.15) is 70.6 Å². The van der Waals surface area contributed by atoms with E-state index in [2.05, 4.69) is 90.8 Å². The van der Waals surface area contributed by atoms with E-state index in [1.165, 1.54) is 12.0 Å². The first-order valence-electron chi connectivity index (χ1n) is 10.1. The summed E-state index contributed by atoms with van der Waals surface area (Å²) in [6, 6.07) is 8.24. The summed E-state index contributed by atoms with van der Waals surface area (Å²) in [5.41, 5.74) is 5.41. The average molecular weight is 338 g/mol. The van der Waals surface area contributed by atoms with E-state index < -0.39 is 0 Å². The monoisotopic (exact) mass is 337 g/mol. The minimum atomic E-state index is 0.161. The van der Waals surface area contributed by atoms with Crippen LogP contribution in [-0.2, 0) is 5.41 Å². The number of piperidine rings is 1. The van der Waals surface area contributed by atoms with Gasteiger partial charge in [-0.2, -0.15) is 0 Å². The molecule has 4 rings (SSSR count). The molecule has 1 heterocycles. The molecule has 0 N–H and O–H groups in total. The van der Waals surface area contributed by atoms with E-state index in [1.54, 1.807) is 11.1 Å². The second-order valence-corrected chi connectivity index (χ2v) is 10.0. The molecule has 0 saturated carbocycles. The fourth-order valence-corrected chi connectivity index (χ4v) is 8.02. The first-order valence-corrected chi connectivity index (χ1v) is 10.1. The Morgan fingerprint density at radius 1 is 1.08 bits per heavy atom. The zero-order chi connectivity index (χ0) is 18.4. The van der Waals surface area contributed by atoms with E-state index in [0.717, 1.165) is 0 Å². The maximum atomic E-state index is 2.72. The van der Waals surface area contributed by atoms with Crippen LogP contribution in [0.4, 0.5) is 0 Å². The quantitative estimate of drug-likeness (QED) is 0.550. The Morgan fingerprint density at radius 2 is 1.76 bits per heavy atom. The Kier molecular flexibility index (Phi) is 3.47. The van der Waals surface area contributed by atoms with Crippen LogP contribution < -0.4 is 0 Å². The van der Waals surface area contributed by atoms with Gasteiger partial charge in [-0.05, 0) is 66.7 Å². The van der Waals surface area contributed by atoms with Gasteiger partial charge in [0.05, 0.1) is 0 Å². The lowest BCUT2D eigenvalue weighted by atomic mass is 9.34. The van der Waals surface area contributed by atoms with E-state index in [-0.39, 0.29) is 16.2 Å². The van der Waals surface area contributed by atoms with E-state index in [1.807, 2.05) is 0 Å². The van der Waals surface area contributed by atoms with Crippen LogP contribution in [-0.4, -0.2) is 24.0 Å². The van der Waals surface area contributed by atoms with Crippen molar-refractivity contribution >= 4 is 0 Å². The first kappa shape index (κ1) is 17.3. The number of benzene rings is 1. The number of nitrogens with zero attached hydrogens (tertiary/aromatic N) is 1. The van der Waals surface area contributed by atoms with Crippen molar-refractivity contribution in [2.45, 2.75) is 78.3 Å². The summed E-state index contributed by atoms with van der Waals surface area (Å²) in [6.45, 7) is 17.4. The number of rotatable bonds is 0. The predicted molar refractivity (Wildman–Crippen MR) is 107 cm³/mol. The van der Waals surface area contributed by atoms with E-state index >= 15 is 0 Å². The van der Waals surface area contributed by atoms with Gasteiger partial charge in [0.2, 0.25) is 0 Å². The number of hydrogen-bond acceptors (Lipinski definition) is 1. The van der Waals surface area contributed by atoms with E-state index in [9.17, 15) is 0 Å². The zero-order valence-corrected chi connectivity index (χ0v) is 17.4. The van der Waals surface area contributed by atoms with Crippen molar-refractivity contribution in [1.29, 1.82) is 0 Å².